The van der Waals surface area contributed by atoms with E-state index in [0.29, 0.717) is 16.7 Å². The van der Waals surface area contributed by atoms with Crippen molar-refractivity contribution in [3.05, 3.63) is 76.0 Å². The van der Waals surface area contributed by atoms with Crippen LogP contribution in [-0.2, 0) is 9.59 Å². The average Bonchev–Trinajstić information content (AvgIpc) is 2.86. The molecule has 3 aliphatic carbocycles. The smallest absolute Gasteiger partial charge is 0.255 e. The van der Waals surface area contributed by atoms with E-state index in [1.807, 2.05) is 0 Å². The number of benzene rings is 2. The molecule has 5 rings (SSSR count). The molecule has 11 heteroatoms. The van der Waals surface area contributed by atoms with Crippen LogP contribution in [0.25, 0.3) is 11.1 Å². The number of amides is 1. The molecule has 0 unspecified atom stereocenters. The zero-order chi connectivity index (χ0) is 28.7. The monoisotopic (exact) mass is 538 g/mol. The number of hydrogen-bond acceptors (Lipinski definition) is 9. The highest BCUT2D eigenvalue weighted by molar-refractivity contribution is 6.25. The number of nitrogens with two attached hydrogens (primary N) is 1. The average molecular weight is 539 g/mol. The highest BCUT2D eigenvalue weighted by Gasteiger charge is 2.67. The number of phenols is 1. The minimum atomic E-state index is -2.98. The van der Waals surface area contributed by atoms with Crippen molar-refractivity contribution in [2.45, 2.75) is 30.6 Å². The Labute approximate surface area is 222 Å². The Morgan fingerprint density at radius 2 is 1.67 bits per heavy atom. The lowest BCUT2D eigenvalue weighted by molar-refractivity contribution is -0.162. The van der Waals surface area contributed by atoms with Crippen LogP contribution in [0.4, 0.5) is 4.39 Å². The fraction of sp³-hybridized carbons (Fsp3) is 0.321. The summed E-state index contributed by atoms with van der Waals surface area (Å²) in [5, 5.41) is 56.5. The molecule has 204 valence electrons. The standard InChI is InChI=1S/C28H27FN2O8/c1-10-15-13(11-4-6-12(29)7-5-11)8-9-14(32)17(15)22(33)18-16(10)23(34)20-21(31(2)3)24(35)19(27(30)38)26(37)28(20,39)25(18)36/h4-10,16,20-21,23,32,34-36,39H,1-3H3,(H2,30,38)/t10-,16-,20-,21-,23-,28-/m0/s1. The van der Waals surface area contributed by atoms with Gasteiger partial charge in [-0.25, -0.2) is 4.39 Å². The van der Waals surface area contributed by atoms with E-state index in [1.54, 1.807) is 13.0 Å². The first kappa shape index (κ1) is 26.5. The second-order valence-corrected chi connectivity index (χ2v) is 10.5. The summed E-state index contributed by atoms with van der Waals surface area (Å²) in [5.41, 5.74) is 2.00. The van der Waals surface area contributed by atoms with Crippen molar-refractivity contribution in [2.24, 2.45) is 17.6 Å². The number of carbonyl (C=O) groups is 3. The Morgan fingerprint density at radius 3 is 2.23 bits per heavy atom. The van der Waals surface area contributed by atoms with Gasteiger partial charge in [0.05, 0.1) is 23.6 Å². The van der Waals surface area contributed by atoms with Gasteiger partial charge in [0.25, 0.3) is 5.91 Å². The number of ketones is 2. The molecule has 0 radical (unpaired) electrons. The zero-order valence-corrected chi connectivity index (χ0v) is 21.2. The molecule has 39 heavy (non-hydrogen) atoms. The number of phenolic OH excluding ortho intramolecular Hbond substituents is 1. The van der Waals surface area contributed by atoms with Crippen molar-refractivity contribution in [3.8, 4) is 16.9 Å². The van der Waals surface area contributed by atoms with Crippen molar-refractivity contribution in [1.29, 1.82) is 0 Å². The largest absolute Gasteiger partial charge is 0.510 e. The van der Waals surface area contributed by atoms with Gasteiger partial charge in [-0.3, -0.25) is 19.3 Å². The molecule has 7 N–H and O–H groups in total. The van der Waals surface area contributed by atoms with Crippen molar-refractivity contribution in [1.82, 2.24) is 4.90 Å². The summed E-state index contributed by atoms with van der Waals surface area (Å²) in [6.45, 7) is 1.64. The zero-order valence-electron chi connectivity index (χ0n) is 21.2. The lowest BCUT2D eigenvalue weighted by atomic mass is 9.55. The molecule has 6 atom stereocenters. The Hall–Kier alpha value is -4.06. The predicted molar refractivity (Wildman–Crippen MR) is 135 cm³/mol. The van der Waals surface area contributed by atoms with Crippen molar-refractivity contribution < 1.29 is 44.3 Å². The van der Waals surface area contributed by atoms with Crippen LogP contribution >= 0.6 is 0 Å². The molecule has 0 spiro atoms. The maximum absolute atomic E-state index is 13.9. The number of halogens is 1. The van der Waals surface area contributed by atoms with Gasteiger partial charge in [0, 0.05) is 11.5 Å². The number of hydrogen-bond donors (Lipinski definition) is 6. The Kier molecular flexibility index (Phi) is 5.94. The van der Waals surface area contributed by atoms with E-state index in [4.69, 9.17) is 5.73 Å². The summed E-state index contributed by atoms with van der Waals surface area (Å²) in [7, 11) is 2.93. The van der Waals surface area contributed by atoms with E-state index in [2.05, 4.69) is 0 Å². The van der Waals surface area contributed by atoms with Gasteiger partial charge in [0.2, 0.25) is 5.78 Å². The molecule has 0 heterocycles. The predicted octanol–water partition coefficient (Wildman–Crippen LogP) is 1.46. The summed E-state index contributed by atoms with van der Waals surface area (Å²) < 4.78 is 13.6. The number of aromatic hydroxyl groups is 1. The van der Waals surface area contributed by atoms with Crippen LogP contribution in [0.1, 0.15) is 28.8 Å². The van der Waals surface area contributed by atoms with E-state index in [-0.39, 0.29) is 5.56 Å². The van der Waals surface area contributed by atoms with Gasteiger partial charge >= 0.3 is 0 Å². The maximum atomic E-state index is 13.9. The molecule has 2 aromatic carbocycles. The first-order chi connectivity index (χ1) is 18.2. The molecule has 0 saturated heterocycles. The molecule has 0 fully saturated rings. The molecule has 0 aliphatic heterocycles. The normalized spacial score (nSPS) is 30.3. The molecule has 0 saturated carbocycles. The van der Waals surface area contributed by atoms with Crippen LogP contribution < -0.4 is 5.73 Å². The number of carbonyl (C=O) groups excluding carboxylic acids is 3. The number of nitrogens with zero attached hydrogens (tertiary/aromatic N) is 1. The van der Waals surface area contributed by atoms with E-state index in [0.717, 1.165) is 0 Å². The second-order valence-electron chi connectivity index (χ2n) is 10.5. The van der Waals surface area contributed by atoms with Crippen molar-refractivity contribution in [2.75, 3.05) is 14.1 Å². The number of likely N-dealkylation sites (N-methyl/N-ethyl adjacent to an activating group) is 1. The second kappa shape index (κ2) is 8.73. The number of fused-ring (bicyclic) bond motifs is 3. The molecular formula is C28H27FN2O8. The van der Waals surface area contributed by atoms with Gasteiger partial charge in [0.1, 0.15) is 28.7 Å². The van der Waals surface area contributed by atoms with Gasteiger partial charge < -0.3 is 31.3 Å². The third-order valence-corrected chi connectivity index (χ3v) is 8.26. The van der Waals surface area contributed by atoms with Gasteiger partial charge in [-0.1, -0.05) is 25.1 Å². The van der Waals surface area contributed by atoms with E-state index < -0.39 is 87.2 Å². The fourth-order valence-corrected chi connectivity index (χ4v) is 6.58. The van der Waals surface area contributed by atoms with Crippen LogP contribution in [0.5, 0.6) is 5.75 Å². The number of Topliss-reactive ketones (excluding diaryl/α,β-unsaturated/α-hetero) is 2. The Balaban J connectivity index is 1.81. The Bertz CT molecular complexity index is 1510. The first-order valence-electron chi connectivity index (χ1n) is 12.2. The third-order valence-electron chi connectivity index (χ3n) is 8.26. The highest BCUT2D eigenvalue weighted by atomic mass is 19.1. The Morgan fingerprint density at radius 1 is 1.05 bits per heavy atom. The van der Waals surface area contributed by atoms with Crippen molar-refractivity contribution in [3.63, 3.8) is 0 Å². The SMILES string of the molecule is C[C@H]1c2c(-c3ccc(F)cc3)ccc(O)c2C(=O)C2=C(O)[C@]3(O)C(=O)C(C(N)=O)=C(O)[C@@H](N(C)C)[C@H]3[C@@H](O)[C@H]21. The molecule has 2 aromatic rings. The van der Waals surface area contributed by atoms with Crippen LogP contribution in [0.2, 0.25) is 0 Å². The summed E-state index contributed by atoms with van der Waals surface area (Å²) in [6.07, 6.45) is -1.70. The number of aliphatic hydroxyl groups is 4. The summed E-state index contributed by atoms with van der Waals surface area (Å²) in [4.78, 5) is 40.8. The maximum Gasteiger partial charge on any atom is 0.255 e. The van der Waals surface area contributed by atoms with Crippen LogP contribution in [0.15, 0.2) is 59.1 Å². The van der Waals surface area contributed by atoms with Crippen molar-refractivity contribution >= 4 is 17.5 Å². The highest BCUT2D eigenvalue weighted by Crippen LogP contribution is 2.56. The molecular weight excluding hydrogens is 511 g/mol. The van der Waals surface area contributed by atoms with E-state index >= 15 is 0 Å². The minimum absolute atomic E-state index is 0.211. The van der Waals surface area contributed by atoms with Crippen LogP contribution in [0, 0.1) is 17.7 Å². The van der Waals surface area contributed by atoms with Gasteiger partial charge in [-0.15, -0.1) is 0 Å². The lowest BCUT2D eigenvalue weighted by Crippen LogP contribution is -2.68. The molecule has 1 amide bonds. The van der Waals surface area contributed by atoms with Crippen LogP contribution in [0.3, 0.4) is 0 Å². The van der Waals surface area contributed by atoms with Gasteiger partial charge in [-0.05, 0) is 54.9 Å². The third kappa shape index (κ3) is 3.40. The number of aliphatic hydroxyl groups excluding tert-OH is 3. The number of primary amides is 1. The summed E-state index contributed by atoms with van der Waals surface area (Å²) in [6, 6.07) is 6.91. The molecule has 0 bridgehead atoms. The first-order valence-corrected chi connectivity index (χ1v) is 12.2. The van der Waals surface area contributed by atoms with E-state index in [9.17, 15) is 44.3 Å². The van der Waals surface area contributed by atoms with Crippen LogP contribution in [-0.4, -0.2) is 79.7 Å². The molecule has 0 aromatic heterocycles. The molecule has 10 nitrogen and oxygen atoms in total. The number of rotatable bonds is 3. The van der Waals surface area contributed by atoms with Gasteiger partial charge in [0.15, 0.2) is 11.4 Å². The quantitative estimate of drug-likeness (QED) is 0.315. The minimum Gasteiger partial charge on any atom is -0.510 e. The topological polar surface area (TPSA) is 182 Å². The molecule has 3 aliphatic rings. The van der Waals surface area contributed by atoms with E-state index in [1.165, 1.54) is 49.3 Å². The fourth-order valence-electron chi connectivity index (χ4n) is 6.58. The lowest BCUT2D eigenvalue weighted by Gasteiger charge is -2.53. The summed E-state index contributed by atoms with van der Waals surface area (Å²) >= 11 is 0. The van der Waals surface area contributed by atoms with Gasteiger partial charge in [-0.2, -0.15) is 0 Å². The summed E-state index contributed by atoms with van der Waals surface area (Å²) in [5.74, 6) is -10.1.